The van der Waals surface area contributed by atoms with E-state index in [1.807, 2.05) is 32.0 Å². The van der Waals surface area contributed by atoms with Gasteiger partial charge < -0.3 is 9.15 Å². The number of hydrazone groups is 1. The zero-order valence-corrected chi connectivity index (χ0v) is 15.8. The molecule has 0 aliphatic carbocycles. The second kappa shape index (κ2) is 7.77. The fourth-order valence-corrected chi connectivity index (χ4v) is 2.98. The summed E-state index contributed by atoms with van der Waals surface area (Å²) in [5, 5.41) is 3.82. The van der Waals surface area contributed by atoms with Gasteiger partial charge in [0.2, 0.25) is 0 Å². The number of carbonyl (C=O) groups is 1. The number of amides is 1. The molecule has 0 spiro atoms. The Labute approximate surface area is 150 Å². The summed E-state index contributed by atoms with van der Waals surface area (Å²) in [6.07, 6.45) is 1.44. The number of nitrogens with zero attached hydrogens (tertiary/aromatic N) is 1. The van der Waals surface area contributed by atoms with Gasteiger partial charge in [-0.25, -0.2) is 5.43 Å². The van der Waals surface area contributed by atoms with Crippen LogP contribution in [-0.2, 0) is 4.79 Å². The minimum Gasteiger partial charge on any atom is -0.483 e. The molecule has 1 heterocycles. The number of ether oxygens (including phenoxy) is 1. The van der Waals surface area contributed by atoms with Crippen molar-refractivity contribution in [2.45, 2.75) is 13.8 Å². The Hall–Kier alpha value is -1.35. The molecule has 0 bridgehead atoms. The first-order valence-corrected chi connectivity index (χ1v) is 8.29. The van der Waals surface area contributed by atoms with Crippen LogP contribution in [0.1, 0.15) is 16.9 Å². The molecule has 7 heteroatoms. The van der Waals surface area contributed by atoms with Crippen molar-refractivity contribution in [3.63, 3.8) is 0 Å². The van der Waals surface area contributed by atoms with E-state index in [1.54, 1.807) is 6.07 Å². The molecule has 2 aromatic rings. The molecule has 116 valence electrons. The van der Waals surface area contributed by atoms with E-state index in [0.717, 1.165) is 19.4 Å². The average molecular weight is 477 g/mol. The van der Waals surface area contributed by atoms with E-state index < -0.39 is 0 Å². The maximum atomic E-state index is 11.7. The number of carbonyl (C=O) groups excluding carboxylic acids is 1. The lowest BCUT2D eigenvalue weighted by molar-refractivity contribution is -0.123. The standard InChI is InChI=1S/C15H14BrIN2O3/c1-9-5-11(16)6-10(2)15(9)21-8-14(20)19-18-7-12-3-4-13(17)22-12/h3-7H,8H2,1-2H3,(H,19,20)/b18-7-. The first kappa shape index (κ1) is 17.0. The number of aryl methyl sites for hydroxylation is 2. The lowest BCUT2D eigenvalue weighted by Crippen LogP contribution is -2.25. The molecule has 0 saturated heterocycles. The molecule has 0 radical (unpaired) electrons. The molecule has 0 unspecified atom stereocenters. The van der Waals surface area contributed by atoms with E-state index in [-0.39, 0.29) is 12.5 Å². The number of hydrogen-bond donors (Lipinski definition) is 1. The molecule has 1 amide bonds. The summed E-state index contributed by atoms with van der Waals surface area (Å²) in [6, 6.07) is 7.46. The monoisotopic (exact) mass is 476 g/mol. The quantitative estimate of drug-likeness (QED) is 0.405. The second-order valence-corrected chi connectivity index (χ2v) is 6.57. The molecule has 5 nitrogen and oxygen atoms in total. The fourth-order valence-electron chi connectivity index (χ4n) is 1.86. The Kier molecular flexibility index (Phi) is 6.01. The molecule has 0 aliphatic heterocycles. The highest BCUT2D eigenvalue weighted by molar-refractivity contribution is 14.1. The van der Waals surface area contributed by atoms with E-state index in [9.17, 15) is 4.79 Å². The summed E-state index contributed by atoms with van der Waals surface area (Å²) in [7, 11) is 0. The summed E-state index contributed by atoms with van der Waals surface area (Å²) in [6.45, 7) is 3.76. The second-order valence-electron chi connectivity index (χ2n) is 4.59. The van der Waals surface area contributed by atoms with Gasteiger partial charge in [-0.1, -0.05) is 15.9 Å². The Morgan fingerprint density at radius 3 is 2.68 bits per heavy atom. The Bertz CT molecular complexity index is 690. The number of halogens is 2. The van der Waals surface area contributed by atoms with Crippen molar-refractivity contribution in [1.82, 2.24) is 5.43 Å². The lowest BCUT2D eigenvalue weighted by atomic mass is 10.1. The van der Waals surface area contributed by atoms with Crippen molar-refractivity contribution in [3.05, 3.63) is 49.4 Å². The molecule has 1 aromatic carbocycles. The van der Waals surface area contributed by atoms with Crippen molar-refractivity contribution < 1.29 is 13.9 Å². The number of furan rings is 1. The van der Waals surface area contributed by atoms with E-state index in [2.05, 4.69) is 49.0 Å². The topological polar surface area (TPSA) is 63.8 Å². The van der Waals surface area contributed by atoms with Crippen LogP contribution in [0.2, 0.25) is 0 Å². The first-order valence-electron chi connectivity index (χ1n) is 6.42. The van der Waals surface area contributed by atoms with Crippen molar-refractivity contribution in [2.24, 2.45) is 5.10 Å². The SMILES string of the molecule is Cc1cc(Br)cc(C)c1OCC(=O)N/N=C\c1ccc(I)o1. The van der Waals surface area contributed by atoms with Gasteiger partial charge >= 0.3 is 0 Å². The van der Waals surface area contributed by atoms with Crippen LogP contribution in [-0.4, -0.2) is 18.7 Å². The Morgan fingerprint density at radius 1 is 1.41 bits per heavy atom. The highest BCUT2D eigenvalue weighted by Crippen LogP contribution is 2.27. The maximum Gasteiger partial charge on any atom is 0.277 e. The summed E-state index contributed by atoms with van der Waals surface area (Å²) in [5.74, 6) is 0.951. The third-order valence-electron chi connectivity index (χ3n) is 2.75. The van der Waals surface area contributed by atoms with Crippen LogP contribution in [0.25, 0.3) is 0 Å². The van der Waals surface area contributed by atoms with E-state index in [1.165, 1.54) is 6.21 Å². The third-order valence-corrected chi connectivity index (χ3v) is 3.79. The summed E-state index contributed by atoms with van der Waals surface area (Å²) < 4.78 is 12.6. The van der Waals surface area contributed by atoms with Gasteiger partial charge in [-0.2, -0.15) is 5.10 Å². The molecule has 0 atom stereocenters. The predicted octanol–water partition coefficient (Wildman–Crippen LogP) is 3.79. The Morgan fingerprint density at radius 2 is 2.09 bits per heavy atom. The maximum absolute atomic E-state index is 11.7. The minimum absolute atomic E-state index is 0.101. The molecule has 2 rings (SSSR count). The number of nitrogens with one attached hydrogen (secondary N) is 1. The van der Waals surface area contributed by atoms with Gasteiger partial charge in [-0.05, 0) is 71.8 Å². The van der Waals surface area contributed by atoms with Crippen molar-refractivity contribution >= 4 is 50.6 Å². The zero-order valence-electron chi connectivity index (χ0n) is 12.0. The molecule has 22 heavy (non-hydrogen) atoms. The van der Waals surface area contributed by atoms with Gasteiger partial charge in [-0.3, -0.25) is 4.79 Å². The normalized spacial score (nSPS) is 10.9. The largest absolute Gasteiger partial charge is 0.483 e. The van der Waals surface area contributed by atoms with Gasteiger partial charge in [-0.15, -0.1) is 0 Å². The lowest BCUT2D eigenvalue weighted by Gasteiger charge is -2.11. The average Bonchev–Trinajstić information content (AvgIpc) is 2.83. The highest BCUT2D eigenvalue weighted by Gasteiger charge is 2.08. The molecular weight excluding hydrogens is 463 g/mol. The summed E-state index contributed by atoms with van der Waals surface area (Å²) >= 11 is 5.48. The van der Waals surface area contributed by atoms with E-state index >= 15 is 0 Å². The molecule has 0 saturated carbocycles. The van der Waals surface area contributed by atoms with Crippen molar-refractivity contribution in [3.8, 4) is 5.75 Å². The van der Waals surface area contributed by atoms with Gasteiger partial charge in [0.25, 0.3) is 5.91 Å². The predicted molar refractivity (Wildman–Crippen MR) is 96.3 cm³/mol. The third kappa shape index (κ3) is 4.84. The highest BCUT2D eigenvalue weighted by atomic mass is 127. The summed E-state index contributed by atoms with van der Waals surface area (Å²) in [4.78, 5) is 11.7. The molecule has 1 aromatic heterocycles. The molecule has 1 N–H and O–H groups in total. The molecule has 0 aliphatic rings. The van der Waals surface area contributed by atoms with Crippen LogP contribution in [0.3, 0.4) is 0 Å². The fraction of sp³-hybridized carbons (Fsp3) is 0.200. The van der Waals surface area contributed by atoms with Crippen molar-refractivity contribution in [2.75, 3.05) is 6.61 Å². The van der Waals surface area contributed by atoms with E-state index in [4.69, 9.17) is 9.15 Å². The van der Waals surface area contributed by atoms with Crippen LogP contribution < -0.4 is 10.2 Å². The van der Waals surface area contributed by atoms with Crippen LogP contribution in [0.4, 0.5) is 0 Å². The van der Waals surface area contributed by atoms with Crippen LogP contribution in [0.15, 0.2) is 38.3 Å². The van der Waals surface area contributed by atoms with Crippen molar-refractivity contribution in [1.29, 1.82) is 0 Å². The number of benzene rings is 1. The van der Waals surface area contributed by atoms with Crippen LogP contribution in [0, 0.1) is 17.6 Å². The smallest absolute Gasteiger partial charge is 0.277 e. The van der Waals surface area contributed by atoms with Gasteiger partial charge in [0, 0.05) is 4.47 Å². The van der Waals surface area contributed by atoms with E-state index in [0.29, 0.717) is 11.5 Å². The van der Waals surface area contributed by atoms with Crippen LogP contribution >= 0.6 is 38.5 Å². The van der Waals surface area contributed by atoms with Crippen LogP contribution in [0.5, 0.6) is 5.75 Å². The zero-order chi connectivity index (χ0) is 16.1. The van der Waals surface area contributed by atoms with Gasteiger partial charge in [0.05, 0.1) is 6.21 Å². The molecule has 0 fully saturated rings. The first-order chi connectivity index (χ1) is 10.5. The van der Waals surface area contributed by atoms with Gasteiger partial charge in [0.1, 0.15) is 11.5 Å². The van der Waals surface area contributed by atoms with Gasteiger partial charge in [0.15, 0.2) is 10.4 Å². The summed E-state index contributed by atoms with van der Waals surface area (Å²) in [5.41, 5.74) is 4.33. The number of rotatable bonds is 5. The molecular formula is C15H14BrIN2O3. The Balaban J connectivity index is 1.87. The number of hydrogen-bond acceptors (Lipinski definition) is 4. The minimum atomic E-state index is -0.334.